The van der Waals surface area contributed by atoms with E-state index < -0.39 is 17.9 Å². The van der Waals surface area contributed by atoms with Crippen molar-refractivity contribution in [2.24, 2.45) is 0 Å². The Morgan fingerprint density at radius 3 is 2.55 bits per heavy atom. The highest BCUT2D eigenvalue weighted by Gasteiger charge is 2.28. The molecule has 1 aliphatic heterocycles. The van der Waals surface area contributed by atoms with Gasteiger partial charge in [0.25, 0.3) is 5.91 Å². The van der Waals surface area contributed by atoms with Crippen LogP contribution in [0.5, 0.6) is 0 Å². The number of anilines is 2. The first-order valence-corrected chi connectivity index (χ1v) is 6.99. The maximum Gasteiger partial charge on any atom is 0.329 e. The van der Waals surface area contributed by atoms with Gasteiger partial charge in [-0.05, 0) is 30.7 Å². The van der Waals surface area contributed by atoms with Gasteiger partial charge in [-0.3, -0.25) is 9.59 Å². The van der Waals surface area contributed by atoms with Crippen LogP contribution in [0.4, 0.5) is 11.4 Å². The monoisotopic (exact) mass is 305 g/mol. The van der Waals surface area contributed by atoms with E-state index in [-0.39, 0.29) is 12.5 Å². The van der Waals surface area contributed by atoms with Crippen LogP contribution in [0.3, 0.4) is 0 Å². The summed E-state index contributed by atoms with van der Waals surface area (Å²) >= 11 is 0. The summed E-state index contributed by atoms with van der Waals surface area (Å²) in [6, 6.07) is 6.64. The summed E-state index contributed by atoms with van der Waals surface area (Å²) in [5, 5.41) is 5.13. The average Bonchev–Trinajstić information content (AvgIpc) is 2.92. The number of hydrogen-bond acceptors (Lipinski definition) is 5. The van der Waals surface area contributed by atoms with E-state index in [9.17, 15) is 14.4 Å². The molecule has 2 rings (SSSR count). The number of ether oxygens (including phenoxy) is 1. The predicted octanol–water partition coefficient (Wildman–Crippen LogP) is 0.513. The van der Waals surface area contributed by atoms with E-state index in [1.54, 1.807) is 12.1 Å². The summed E-state index contributed by atoms with van der Waals surface area (Å²) in [4.78, 5) is 36.3. The molecule has 0 radical (unpaired) electrons. The standard InChI is InChI=1S/C15H19N3O4/c1-18(2)11-5-3-10(4-6-11)16-14(20)9-22-15(21)12-7-8-13(19)17-12/h3-6,12H,7-9H2,1-2H3,(H,16,20)(H,17,19)/t12-/m1/s1. The zero-order valence-electron chi connectivity index (χ0n) is 12.6. The van der Waals surface area contributed by atoms with Gasteiger partial charge in [-0.25, -0.2) is 4.79 Å². The van der Waals surface area contributed by atoms with Crippen LogP contribution in [0.25, 0.3) is 0 Å². The van der Waals surface area contributed by atoms with Crippen LogP contribution in [0.1, 0.15) is 12.8 Å². The summed E-state index contributed by atoms with van der Waals surface area (Å²) in [6.07, 6.45) is 0.718. The van der Waals surface area contributed by atoms with E-state index in [2.05, 4.69) is 10.6 Å². The molecule has 1 aromatic carbocycles. The second kappa shape index (κ2) is 6.93. The number of carbonyl (C=O) groups is 3. The molecule has 1 saturated heterocycles. The van der Waals surface area contributed by atoms with Gasteiger partial charge >= 0.3 is 5.97 Å². The van der Waals surface area contributed by atoms with Gasteiger partial charge in [-0.1, -0.05) is 0 Å². The first-order chi connectivity index (χ1) is 10.5. The Morgan fingerprint density at radius 2 is 2.00 bits per heavy atom. The normalized spacial score (nSPS) is 16.8. The fraction of sp³-hybridized carbons (Fsp3) is 0.400. The van der Waals surface area contributed by atoms with Gasteiger partial charge in [0.2, 0.25) is 5.91 Å². The Hall–Kier alpha value is -2.57. The zero-order chi connectivity index (χ0) is 16.1. The largest absolute Gasteiger partial charge is 0.454 e. The molecule has 1 fully saturated rings. The maximum atomic E-state index is 11.7. The number of amides is 2. The Labute approximate surface area is 128 Å². The van der Waals surface area contributed by atoms with Crippen LogP contribution in [0.2, 0.25) is 0 Å². The fourth-order valence-electron chi connectivity index (χ4n) is 2.07. The lowest BCUT2D eigenvalue weighted by atomic mass is 10.2. The summed E-state index contributed by atoms with van der Waals surface area (Å²) in [6.45, 7) is -0.374. The van der Waals surface area contributed by atoms with Gasteiger partial charge in [0.1, 0.15) is 6.04 Å². The first-order valence-electron chi connectivity index (χ1n) is 6.99. The lowest BCUT2D eigenvalue weighted by Crippen LogP contribution is -2.36. The number of nitrogens with one attached hydrogen (secondary N) is 2. The van der Waals surface area contributed by atoms with Crippen LogP contribution in [-0.2, 0) is 19.1 Å². The lowest BCUT2D eigenvalue weighted by Gasteiger charge is -2.13. The Kier molecular flexibility index (Phi) is 4.98. The number of carbonyl (C=O) groups excluding carboxylic acids is 3. The molecule has 0 spiro atoms. The molecular weight excluding hydrogens is 286 g/mol. The molecule has 7 nitrogen and oxygen atoms in total. The molecule has 118 valence electrons. The Bertz CT molecular complexity index is 569. The van der Waals surface area contributed by atoms with Gasteiger partial charge in [0.05, 0.1) is 0 Å². The molecule has 22 heavy (non-hydrogen) atoms. The van der Waals surface area contributed by atoms with E-state index in [1.165, 1.54) is 0 Å². The van der Waals surface area contributed by atoms with Crippen LogP contribution in [0.15, 0.2) is 24.3 Å². The summed E-state index contributed by atoms with van der Waals surface area (Å²) in [5.41, 5.74) is 1.64. The van der Waals surface area contributed by atoms with Gasteiger partial charge < -0.3 is 20.3 Å². The zero-order valence-corrected chi connectivity index (χ0v) is 12.6. The van der Waals surface area contributed by atoms with E-state index in [0.717, 1.165) is 5.69 Å². The van der Waals surface area contributed by atoms with Crippen molar-refractivity contribution < 1.29 is 19.1 Å². The van der Waals surface area contributed by atoms with Crippen LogP contribution in [-0.4, -0.2) is 44.5 Å². The fourth-order valence-corrected chi connectivity index (χ4v) is 2.07. The average molecular weight is 305 g/mol. The Balaban J connectivity index is 1.78. The van der Waals surface area contributed by atoms with Gasteiger partial charge in [0, 0.05) is 31.9 Å². The second-order valence-electron chi connectivity index (χ2n) is 5.26. The van der Waals surface area contributed by atoms with Crippen molar-refractivity contribution in [3.05, 3.63) is 24.3 Å². The first kappa shape index (κ1) is 15.8. The third-order valence-corrected chi connectivity index (χ3v) is 3.29. The number of hydrogen-bond donors (Lipinski definition) is 2. The Morgan fingerprint density at radius 1 is 1.32 bits per heavy atom. The minimum Gasteiger partial charge on any atom is -0.454 e. The number of nitrogens with zero attached hydrogens (tertiary/aromatic N) is 1. The van der Waals surface area contributed by atoms with E-state index in [0.29, 0.717) is 18.5 Å². The van der Waals surface area contributed by atoms with Crippen molar-refractivity contribution >= 4 is 29.2 Å². The smallest absolute Gasteiger partial charge is 0.329 e. The summed E-state index contributed by atoms with van der Waals surface area (Å²) in [5.74, 6) is -1.17. The highest BCUT2D eigenvalue weighted by atomic mass is 16.5. The molecule has 2 amide bonds. The molecule has 1 heterocycles. The maximum absolute atomic E-state index is 11.7. The molecule has 0 saturated carbocycles. The minimum atomic E-state index is -0.639. The molecule has 1 atom stereocenters. The number of esters is 1. The van der Waals surface area contributed by atoms with Crippen LogP contribution in [0, 0.1) is 0 Å². The van der Waals surface area contributed by atoms with E-state index in [4.69, 9.17) is 4.74 Å². The van der Waals surface area contributed by atoms with Crippen molar-refractivity contribution in [3.63, 3.8) is 0 Å². The summed E-state index contributed by atoms with van der Waals surface area (Å²) in [7, 11) is 3.85. The number of rotatable bonds is 5. The molecular formula is C15H19N3O4. The predicted molar refractivity (Wildman–Crippen MR) is 81.5 cm³/mol. The van der Waals surface area contributed by atoms with Crippen molar-refractivity contribution in [1.82, 2.24) is 5.32 Å². The molecule has 0 aliphatic carbocycles. The van der Waals surface area contributed by atoms with Gasteiger partial charge in [0.15, 0.2) is 6.61 Å². The topological polar surface area (TPSA) is 87.7 Å². The quantitative estimate of drug-likeness (QED) is 0.774. The molecule has 2 N–H and O–H groups in total. The highest BCUT2D eigenvalue weighted by molar-refractivity contribution is 5.94. The van der Waals surface area contributed by atoms with Gasteiger partial charge in [-0.2, -0.15) is 0 Å². The molecule has 0 aromatic heterocycles. The lowest BCUT2D eigenvalue weighted by molar-refractivity contribution is -0.149. The van der Waals surface area contributed by atoms with Crippen LogP contribution >= 0.6 is 0 Å². The minimum absolute atomic E-state index is 0.174. The molecule has 1 aliphatic rings. The van der Waals surface area contributed by atoms with Crippen molar-refractivity contribution in [2.75, 3.05) is 30.9 Å². The third kappa shape index (κ3) is 4.21. The number of benzene rings is 1. The van der Waals surface area contributed by atoms with Crippen LogP contribution < -0.4 is 15.5 Å². The van der Waals surface area contributed by atoms with E-state index in [1.807, 2.05) is 31.1 Å². The highest BCUT2D eigenvalue weighted by Crippen LogP contribution is 2.15. The van der Waals surface area contributed by atoms with Gasteiger partial charge in [-0.15, -0.1) is 0 Å². The van der Waals surface area contributed by atoms with E-state index >= 15 is 0 Å². The van der Waals surface area contributed by atoms with Crippen molar-refractivity contribution in [1.29, 1.82) is 0 Å². The molecule has 0 bridgehead atoms. The molecule has 7 heteroatoms. The third-order valence-electron chi connectivity index (χ3n) is 3.29. The molecule has 0 unspecified atom stereocenters. The van der Waals surface area contributed by atoms with Crippen molar-refractivity contribution in [3.8, 4) is 0 Å². The molecule has 1 aromatic rings. The van der Waals surface area contributed by atoms with Crippen molar-refractivity contribution in [2.45, 2.75) is 18.9 Å². The summed E-state index contributed by atoms with van der Waals surface area (Å²) < 4.78 is 4.90. The SMILES string of the molecule is CN(C)c1ccc(NC(=O)COC(=O)[C@H]2CCC(=O)N2)cc1. The second-order valence-corrected chi connectivity index (χ2v) is 5.26.